The number of hydrogen-bond donors (Lipinski definition) is 2. The van der Waals surface area contributed by atoms with Crippen molar-refractivity contribution in [3.63, 3.8) is 0 Å². The second kappa shape index (κ2) is 8.21. The van der Waals surface area contributed by atoms with Gasteiger partial charge in [-0.25, -0.2) is 9.29 Å². The Bertz CT molecular complexity index is 877. The van der Waals surface area contributed by atoms with Gasteiger partial charge in [0.1, 0.15) is 11.6 Å². The maximum Gasteiger partial charge on any atom is 0.292 e. The molecule has 0 aromatic heterocycles. The summed E-state index contributed by atoms with van der Waals surface area (Å²) < 4.78 is 18.2. The van der Waals surface area contributed by atoms with E-state index in [0.29, 0.717) is 11.4 Å². The molecular weight excluding hydrogens is 373 g/mol. The van der Waals surface area contributed by atoms with Crippen molar-refractivity contribution in [1.82, 2.24) is 0 Å². The van der Waals surface area contributed by atoms with E-state index in [1.807, 2.05) is 0 Å². The average Bonchev–Trinajstić information content (AvgIpc) is 3.04. The molecule has 2 N–H and O–H groups in total. The molecule has 0 aliphatic carbocycles. The van der Waals surface area contributed by atoms with E-state index in [2.05, 4.69) is 5.32 Å². The van der Waals surface area contributed by atoms with Gasteiger partial charge in [0, 0.05) is 24.6 Å². The van der Waals surface area contributed by atoms with Crippen LogP contribution in [0.2, 0.25) is 0 Å². The molecule has 2 fully saturated rings. The number of piperidine rings is 1. The van der Waals surface area contributed by atoms with Crippen molar-refractivity contribution in [3.8, 4) is 5.75 Å². The van der Waals surface area contributed by atoms with E-state index in [1.165, 1.54) is 17.0 Å². The molecule has 2 saturated heterocycles. The molecule has 0 saturated carbocycles. The minimum atomic E-state index is -0.323. The predicted octanol–water partition coefficient (Wildman–Crippen LogP) is 1.63. The van der Waals surface area contributed by atoms with E-state index in [-0.39, 0.29) is 36.1 Å². The number of methoxy groups -OCH3 is 1. The van der Waals surface area contributed by atoms with Gasteiger partial charge >= 0.3 is 0 Å². The number of nitrogens with zero attached hydrogens (tertiary/aromatic N) is 1. The van der Waals surface area contributed by atoms with Crippen molar-refractivity contribution in [1.29, 1.82) is 0 Å². The van der Waals surface area contributed by atoms with Gasteiger partial charge in [-0.2, -0.15) is 0 Å². The lowest BCUT2D eigenvalue weighted by molar-refractivity contribution is -0.919. The van der Waals surface area contributed by atoms with Crippen LogP contribution < -0.4 is 19.9 Å². The van der Waals surface area contributed by atoms with Crippen molar-refractivity contribution in [3.05, 3.63) is 54.3 Å². The Morgan fingerprint density at radius 2 is 1.69 bits per heavy atom. The Labute approximate surface area is 169 Å². The highest BCUT2D eigenvalue weighted by Gasteiger charge is 2.46. The fourth-order valence-electron chi connectivity index (χ4n) is 4.22. The quantitative estimate of drug-likeness (QED) is 0.752. The van der Waals surface area contributed by atoms with Crippen molar-refractivity contribution >= 4 is 23.2 Å². The number of likely N-dealkylation sites (tertiary alicyclic amines) is 1. The lowest BCUT2D eigenvalue weighted by Gasteiger charge is -2.32. The predicted molar refractivity (Wildman–Crippen MR) is 108 cm³/mol. The number of halogens is 1. The van der Waals surface area contributed by atoms with E-state index in [9.17, 15) is 14.0 Å². The van der Waals surface area contributed by atoms with E-state index in [1.54, 1.807) is 43.5 Å². The third-order valence-corrected chi connectivity index (χ3v) is 5.81. The molecule has 2 aliphatic rings. The summed E-state index contributed by atoms with van der Waals surface area (Å²) in [6, 6.07) is 13.3. The zero-order valence-corrected chi connectivity index (χ0v) is 16.4. The summed E-state index contributed by atoms with van der Waals surface area (Å²) in [4.78, 5) is 28.0. The zero-order chi connectivity index (χ0) is 20.4. The minimum absolute atomic E-state index is 0.125. The molecule has 0 bridgehead atoms. The fourth-order valence-corrected chi connectivity index (χ4v) is 4.22. The van der Waals surface area contributed by atoms with Gasteiger partial charge in [-0.1, -0.05) is 0 Å². The largest absolute Gasteiger partial charge is 0.497 e. The Morgan fingerprint density at radius 1 is 1.03 bits per heavy atom. The molecule has 0 radical (unpaired) electrons. The summed E-state index contributed by atoms with van der Waals surface area (Å²) in [5.41, 5.74) is 1.49. The third kappa shape index (κ3) is 4.10. The number of imide groups is 1. The van der Waals surface area contributed by atoms with Crippen molar-refractivity contribution in [2.75, 3.05) is 30.4 Å². The summed E-state index contributed by atoms with van der Waals surface area (Å²) in [6.45, 7) is 1.64. The highest BCUT2D eigenvalue weighted by Crippen LogP contribution is 2.24. The van der Waals surface area contributed by atoms with E-state index in [4.69, 9.17) is 4.74 Å². The molecule has 4 rings (SSSR count). The standard InChI is InChI=1S/C22H24FN3O3/c1-29-19-8-6-18(7-9-19)26-21(27)14-20(22(26)28)25-12-10-17(11-13-25)24-16-4-2-15(23)3-5-16/h2-9,17,20,24H,10-14H2,1H3/p+1/t20-/m0/s1. The number of amides is 2. The first kappa shape index (κ1) is 19.4. The van der Waals surface area contributed by atoms with Gasteiger partial charge in [0.2, 0.25) is 5.91 Å². The lowest BCUT2D eigenvalue weighted by Crippen LogP contribution is -3.17. The van der Waals surface area contributed by atoms with Crippen LogP contribution in [0.1, 0.15) is 19.3 Å². The van der Waals surface area contributed by atoms with Crippen molar-refractivity contribution < 1.29 is 23.6 Å². The molecule has 6 nitrogen and oxygen atoms in total. The third-order valence-electron chi connectivity index (χ3n) is 5.81. The molecule has 2 aromatic rings. The topological polar surface area (TPSA) is 63.1 Å². The molecule has 152 valence electrons. The number of rotatable bonds is 5. The van der Waals surface area contributed by atoms with Gasteiger partial charge in [0.25, 0.3) is 5.91 Å². The maximum atomic E-state index is 13.0. The number of benzene rings is 2. The van der Waals surface area contributed by atoms with Crippen molar-refractivity contribution in [2.24, 2.45) is 0 Å². The number of carbonyl (C=O) groups excluding carboxylic acids is 2. The maximum absolute atomic E-state index is 13.0. The molecule has 29 heavy (non-hydrogen) atoms. The molecule has 0 unspecified atom stereocenters. The summed E-state index contributed by atoms with van der Waals surface area (Å²) in [7, 11) is 1.58. The summed E-state index contributed by atoms with van der Waals surface area (Å²) in [5, 5.41) is 3.43. The van der Waals surface area contributed by atoms with E-state index in [0.717, 1.165) is 36.5 Å². The monoisotopic (exact) mass is 398 g/mol. The summed E-state index contributed by atoms with van der Waals surface area (Å²) >= 11 is 0. The van der Waals surface area contributed by atoms with Crippen LogP contribution in [0, 0.1) is 5.82 Å². The SMILES string of the molecule is COc1ccc(N2C(=O)C[C@H]([NH+]3CCC(Nc4ccc(F)cc4)CC3)C2=O)cc1. The highest BCUT2D eigenvalue weighted by atomic mass is 19.1. The molecule has 2 amide bonds. The summed E-state index contributed by atoms with van der Waals surface area (Å²) in [5.74, 6) is 0.163. The first-order chi connectivity index (χ1) is 14.0. The number of nitrogens with one attached hydrogen (secondary N) is 2. The molecule has 2 aromatic carbocycles. The van der Waals surface area contributed by atoms with Crippen molar-refractivity contribution in [2.45, 2.75) is 31.3 Å². The molecule has 0 spiro atoms. The normalized spacial score (nSPS) is 24.6. The highest BCUT2D eigenvalue weighted by molar-refractivity contribution is 6.21. The number of ether oxygens (including phenoxy) is 1. The second-order valence-corrected chi connectivity index (χ2v) is 7.61. The first-order valence-electron chi connectivity index (χ1n) is 9.92. The van der Waals surface area contributed by atoms with Gasteiger partial charge in [0.05, 0.1) is 32.3 Å². The van der Waals surface area contributed by atoms with Gasteiger partial charge in [-0.3, -0.25) is 9.59 Å². The lowest BCUT2D eigenvalue weighted by atomic mass is 10.0. The number of anilines is 2. The van der Waals surface area contributed by atoms with Crippen LogP contribution in [0.5, 0.6) is 5.75 Å². The van der Waals surface area contributed by atoms with Crippen LogP contribution in [0.4, 0.5) is 15.8 Å². The first-order valence-corrected chi connectivity index (χ1v) is 9.92. The van der Waals surface area contributed by atoms with Crippen LogP contribution in [0.15, 0.2) is 48.5 Å². The second-order valence-electron chi connectivity index (χ2n) is 7.61. The number of quaternary nitrogens is 1. The smallest absolute Gasteiger partial charge is 0.292 e. The Hall–Kier alpha value is -2.93. The van der Waals surface area contributed by atoms with Gasteiger partial charge < -0.3 is 15.0 Å². The van der Waals surface area contributed by atoms with Crippen LogP contribution in [-0.4, -0.2) is 44.1 Å². The zero-order valence-electron chi connectivity index (χ0n) is 16.4. The molecule has 7 heteroatoms. The average molecular weight is 398 g/mol. The van der Waals surface area contributed by atoms with E-state index >= 15 is 0 Å². The Kier molecular flexibility index (Phi) is 5.49. The Morgan fingerprint density at radius 3 is 2.31 bits per heavy atom. The van der Waals surface area contributed by atoms with Crippen LogP contribution in [0.3, 0.4) is 0 Å². The van der Waals surface area contributed by atoms with E-state index < -0.39 is 0 Å². The van der Waals surface area contributed by atoms with Gasteiger partial charge in [0.15, 0.2) is 6.04 Å². The molecule has 2 aliphatic heterocycles. The van der Waals surface area contributed by atoms with Crippen LogP contribution in [0.25, 0.3) is 0 Å². The van der Waals surface area contributed by atoms with Gasteiger partial charge in [-0.05, 0) is 48.5 Å². The fraction of sp³-hybridized carbons (Fsp3) is 0.364. The van der Waals surface area contributed by atoms with Crippen LogP contribution in [-0.2, 0) is 9.59 Å². The van der Waals surface area contributed by atoms with Crippen LogP contribution >= 0.6 is 0 Å². The number of carbonyl (C=O) groups is 2. The molecular formula is C22H25FN3O3+. The minimum Gasteiger partial charge on any atom is -0.497 e. The van der Waals surface area contributed by atoms with Gasteiger partial charge in [-0.15, -0.1) is 0 Å². The molecule has 2 heterocycles. The molecule has 1 atom stereocenters. The number of hydrogen-bond acceptors (Lipinski definition) is 4. The Balaban J connectivity index is 1.36. The summed E-state index contributed by atoms with van der Waals surface area (Å²) in [6.07, 6.45) is 2.04.